The minimum Gasteiger partial charge on any atom is -0.481 e. The van der Waals surface area contributed by atoms with Crippen LogP contribution in [-0.4, -0.2) is 21.3 Å². The summed E-state index contributed by atoms with van der Waals surface area (Å²) < 4.78 is 0. The lowest BCUT2D eigenvalue weighted by molar-refractivity contribution is -0.138. The number of aliphatic carboxylic acids is 1. The van der Waals surface area contributed by atoms with E-state index in [1.807, 2.05) is 20.8 Å². The molecule has 1 unspecified atom stereocenters. The molecule has 0 aliphatic heterocycles. The highest BCUT2D eigenvalue weighted by Gasteiger charge is 2.25. The molecule has 0 amide bonds. The number of hydrogen-bond acceptors (Lipinski definition) is 1. The van der Waals surface area contributed by atoms with Gasteiger partial charge < -0.3 is 5.11 Å². The first kappa shape index (κ1) is 8.69. The Morgan fingerprint density at radius 1 is 1.56 bits per heavy atom. The molecule has 0 aromatic rings. The predicted octanol–water partition coefficient (Wildman–Crippen LogP) is 0.271. The van der Waals surface area contributed by atoms with Crippen LogP contribution < -0.4 is 0 Å². The first-order valence-electron chi connectivity index (χ1n) is 3.08. The van der Waals surface area contributed by atoms with Gasteiger partial charge in [0, 0.05) is 15.8 Å². The van der Waals surface area contributed by atoms with Crippen LogP contribution in [0, 0.1) is 5.41 Å². The van der Waals surface area contributed by atoms with Crippen molar-refractivity contribution >= 4 is 16.2 Å². The number of rotatable bonds is 1. The lowest BCUT2D eigenvalue weighted by atomic mass is 9.92. The van der Waals surface area contributed by atoms with E-state index in [2.05, 4.69) is 0 Å². The summed E-state index contributed by atoms with van der Waals surface area (Å²) in [7, 11) is 0.733. The number of hydrogen-bond donors (Lipinski definition) is 1. The van der Waals surface area contributed by atoms with Crippen molar-refractivity contribution in [1.82, 2.24) is 0 Å². The van der Waals surface area contributed by atoms with Gasteiger partial charge in [0.15, 0.2) is 0 Å². The van der Waals surface area contributed by atoms with E-state index in [1.165, 1.54) is 0 Å². The van der Waals surface area contributed by atoms with Gasteiger partial charge in [-0.15, -0.1) is 0 Å². The Morgan fingerprint density at radius 3 is 1.89 bits per heavy atom. The van der Waals surface area contributed by atoms with E-state index in [0.717, 1.165) is 10.2 Å². The molecule has 0 saturated carbocycles. The molecular formula is C6H14O2Si. The molecule has 1 atom stereocenters. The van der Waals surface area contributed by atoms with Gasteiger partial charge in [-0.2, -0.15) is 0 Å². The van der Waals surface area contributed by atoms with Gasteiger partial charge in [0.25, 0.3) is 0 Å². The summed E-state index contributed by atoms with van der Waals surface area (Å²) in [4.78, 5) is 10.4. The van der Waals surface area contributed by atoms with E-state index in [9.17, 15) is 4.79 Å². The Bertz CT molecular complexity index is 115. The van der Waals surface area contributed by atoms with E-state index < -0.39 is 5.97 Å². The molecular weight excluding hydrogens is 132 g/mol. The average molecular weight is 146 g/mol. The Kier molecular flexibility index (Phi) is 2.43. The van der Waals surface area contributed by atoms with Crippen LogP contribution in [0.4, 0.5) is 0 Å². The van der Waals surface area contributed by atoms with Crippen molar-refractivity contribution in [2.24, 2.45) is 5.41 Å². The Hall–Kier alpha value is -0.313. The lowest BCUT2D eigenvalue weighted by Crippen LogP contribution is -2.22. The molecule has 0 fully saturated rings. The maximum absolute atomic E-state index is 10.4. The highest BCUT2D eigenvalue weighted by molar-refractivity contribution is 6.22. The second kappa shape index (κ2) is 2.52. The van der Waals surface area contributed by atoms with Crippen LogP contribution >= 0.6 is 0 Å². The standard InChI is InChI=1S/C6H14O2Si/c1-6(2,3)4(9)5(7)8/h4H,1-3,9H3,(H,7,8). The molecule has 0 aliphatic rings. The molecule has 3 heteroatoms. The van der Waals surface area contributed by atoms with Gasteiger partial charge in [-0.1, -0.05) is 20.8 Å². The van der Waals surface area contributed by atoms with Crippen molar-refractivity contribution in [3.05, 3.63) is 0 Å². The van der Waals surface area contributed by atoms with Gasteiger partial charge >= 0.3 is 5.97 Å². The average Bonchev–Trinajstić information content (AvgIpc) is 1.62. The van der Waals surface area contributed by atoms with Gasteiger partial charge in [0.1, 0.15) is 0 Å². The minimum atomic E-state index is -0.658. The molecule has 9 heavy (non-hydrogen) atoms. The fraction of sp³-hybridized carbons (Fsp3) is 0.833. The largest absolute Gasteiger partial charge is 0.481 e. The van der Waals surface area contributed by atoms with Crippen molar-refractivity contribution in [1.29, 1.82) is 0 Å². The Labute approximate surface area is 58.7 Å². The summed E-state index contributed by atoms with van der Waals surface area (Å²) >= 11 is 0. The Morgan fingerprint density at radius 2 is 1.89 bits per heavy atom. The molecule has 0 bridgehead atoms. The maximum atomic E-state index is 10.4. The molecule has 0 rings (SSSR count). The molecule has 1 N–H and O–H groups in total. The van der Waals surface area contributed by atoms with Crippen molar-refractivity contribution in [3.8, 4) is 0 Å². The number of carboxylic acids is 1. The molecule has 0 aromatic heterocycles. The molecule has 2 nitrogen and oxygen atoms in total. The smallest absolute Gasteiger partial charge is 0.303 e. The van der Waals surface area contributed by atoms with E-state index in [-0.39, 0.29) is 11.0 Å². The van der Waals surface area contributed by atoms with Gasteiger partial charge in [0.05, 0.1) is 0 Å². The zero-order chi connectivity index (χ0) is 7.65. The molecule has 0 radical (unpaired) electrons. The second-order valence-corrected chi connectivity index (χ2v) is 4.58. The highest BCUT2D eigenvalue weighted by Crippen LogP contribution is 2.27. The molecule has 0 aromatic carbocycles. The number of carbonyl (C=O) groups is 1. The summed E-state index contributed by atoms with van der Waals surface area (Å²) in [5, 5.41) is 8.55. The topological polar surface area (TPSA) is 37.3 Å². The molecule has 0 heterocycles. The van der Waals surface area contributed by atoms with Crippen LogP contribution in [0.3, 0.4) is 0 Å². The summed E-state index contributed by atoms with van der Waals surface area (Å²) in [5.41, 5.74) is -0.185. The minimum absolute atomic E-state index is 0.0575. The maximum Gasteiger partial charge on any atom is 0.303 e. The highest BCUT2D eigenvalue weighted by atomic mass is 28.1. The third-order valence-electron chi connectivity index (χ3n) is 1.67. The van der Waals surface area contributed by atoms with Crippen molar-refractivity contribution in [3.63, 3.8) is 0 Å². The first-order chi connectivity index (χ1) is 3.85. The van der Waals surface area contributed by atoms with Gasteiger partial charge in [-0.25, -0.2) is 0 Å². The monoisotopic (exact) mass is 146 g/mol. The zero-order valence-corrected chi connectivity index (χ0v) is 8.43. The normalized spacial score (nSPS) is 15.4. The van der Waals surface area contributed by atoms with Crippen LogP contribution in [0.2, 0.25) is 5.54 Å². The van der Waals surface area contributed by atoms with Crippen LogP contribution in [0.5, 0.6) is 0 Å². The van der Waals surface area contributed by atoms with Crippen LogP contribution in [0.1, 0.15) is 20.8 Å². The molecule has 54 valence electrons. The van der Waals surface area contributed by atoms with Crippen molar-refractivity contribution in [2.45, 2.75) is 26.3 Å². The second-order valence-electron chi connectivity index (χ2n) is 3.43. The first-order valence-corrected chi connectivity index (χ1v) is 4.24. The van der Waals surface area contributed by atoms with Crippen molar-refractivity contribution < 1.29 is 9.90 Å². The van der Waals surface area contributed by atoms with Gasteiger partial charge in [-0.3, -0.25) is 4.79 Å². The third-order valence-corrected chi connectivity index (χ3v) is 3.90. The quantitative estimate of drug-likeness (QED) is 0.539. The van der Waals surface area contributed by atoms with Crippen LogP contribution in [0.15, 0.2) is 0 Å². The summed E-state index contributed by atoms with van der Waals surface area (Å²) in [5.74, 6) is -0.658. The van der Waals surface area contributed by atoms with Gasteiger partial charge in [0.2, 0.25) is 0 Å². The fourth-order valence-electron chi connectivity index (χ4n) is 0.370. The van der Waals surface area contributed by atoms with E-state index >= 15 is 0 Å². The Balaban J connectivity index is 4.04. The summed E-state index contributed by atoms with van der Waals surface area (Å²) in [6.07, 6.45) is 0. The third kappa shape index (κ3) is 2.65. The summed E-state index contributed by atoms with van der Waals surface area (Å²) in [6.45, 7) is 5.87. The molecule has 0 aliphatic carbocycles. The number of carboxylic acid groups (broad SMARTS) is 1. The molecule has 0 spiro atoms. The zero-order valence-electron chi connectivity index (χ0n) is 6.43. The fourth-order valence-corrected chi connectivity index (χ4v) is 0.370. The van der Waals surface area contributed by atoms with E-state index in [0.29, 0.717) is 0 Å². The van der Waals surface area contributed by atoms with Crippen LogP contribution in [-0.2, 0) is 4.79 Å². The summed E-state index contributed by atoms with van der Waals surface area (Å²) in [6, 6.07) is 0. The van der Waals surface area contributed by atoms with Crippen molar-refractivity contribution in [2.75, 3.05) is 0 Å². The predicted molar refractivity (Wildman–Crippen MR) is 40.8 cm³/mol. The van der Waals surface area contributed by atoms with Gasteiger partial charge in [-0.05, 0) is 5.41 Å². The van der Waals surface area contributed by atoms with E-state index in [4.69, 9.17) is 5.11 Å². The molecule has 0 saturated heterocycles. The lowest BCUT2D eigenvalue weighted by Gasteiger charge is -2.22. The SMILES string of the molecule is CC(C)(C)C([SiH3])C(=O)O. The van der Waals surface area contributed by atoms with E-state index in [1.54, 1.807) is 0 Å². The van der Waals surface area contributed by atoms with Crippen LogP contribution in [0.25, 0.3) is 0 Å².